The molecule has 0 aliphatic carbocycles. The summed E-state index contributed by atoms with van der Waals surface area (Å²) < 4.78 is 53.9. The summed E-state index contributed by atoms with van der Waals surface area (Å²) in [6.45, 7) is 7.73. The third-order valence-corrected chi connectivity index (χ3v) is 10.9. The maximum atomic E-state index is 16.2. The highest BCUT2D eigenvalue weighted by molar-refractivity contribution is 6.36. The third kappa shape index (κ3) is 9.13. The lowest BCUT2D eigenvalue weighted by atomic mass is 10.0. The number of hydrogen-bond acceptors (Lipinski definition) is 10. The molecule has 4 aliphatic rings. The quantitative estimate of drug-likeness (QED) is 0.195. The van der Waals surface area contributed by atoms with E-state index in [-0.39, 0.29) is 34.3 Å². The second-order valence-corrected chi connectivity index (χ2v) is 14.3. The number of hydrogen-bond donors (Lipinski definition) is 0. The first-order valence-electron chi connectivity index (χ1n) is 18.6. The monoisotopic (exact) mass is 778 g/mol. The van der Waals surface area contributed by atoms with Gasteiger partial charge in [0.05, 0.1) is 29.7 Å². The van der Waals surface area contributed by atoms with Crippen LogP contribution in [0, 0.1) is 23.0 Å². The zero-order chi connectivity index (χ0) is 39.1. The molecular formula is C40H46ClF3N8O3. The van der Waals surface area contributed by atoms with Gasteiger partial charge in [-0.3, -0.25) is 19.6 Å². The number of likely N-dealkylation sites (tertiary alicyclic amines) is 1. The molecule has 2 aromatic carbocycles. The number of carbonyl (C=O) groups is 1. The minimum atomic E-state index is -0.693. The van der Waals surface area contributed by atoms with Crippen LogP contribution in [0.3, 0.4) is 0 Å². The molecule has 2 aromatic heterocycles. The van der Waals surface area contributed by atoms with E-state index >= 15 is 4.39 Å². The Labute approximate surface area is 324 Å². The van der Waals surface area contributed by atoms with Gasteiger partial charge in [0.2, 0.25) is 5.91 Å². The molecule has 4 saturated heterocycles. The van der Waals surface area contributed by atoms with Gasteiger partial charge < -0.3 is 19.3 Å². The van der Waals surface area contributed by atoms with E-state index in [4.69, 9.17) is 26.3 Å². The molecule has 0 bridgehead atoms. The van der Waals surface area contributed by atoms with Crippen molar-refractivity contribution in [3.63, 3.8) is 0 Å². The first kappa shape index (κ1) is 40.1. The highest BCUT2D eigenvalue weighted by Crippen LogP contribution is 2.38. The van der Waals surface area contributed by atoms with Gasteiger partial charge in [0.15, 0.2) is 5.82 Å². The normalized spacial score (nSPS) is 21.3. The first-order chi connectivity index (χ1) is 26.6. The molecular weight excluding hydrogens is 733 g/mol. The number of benzene rings is 2. The lowest BCUT2D eigenvalue weighted by molar-refractivity contribution is -0.126. The molecule has 4 fully saturated rings. The van der Waals surface area contributed by atoms with Crippen molar-refractivity contribution < 1.29 is 27.4 Å². The minimum Gasteiger partial charge on any atom is -0.467 e. The van der Waals surface area contributed by atoms with Gasteiger partial charge in [-0.1, -0.05) is 41.9 Å². The number of nitrogens with zero attached hydrogens (tertiary/aromatic N) is 8. The molecule has 4 aromatic rings. The topological polar surface area (TPSA) is 111 Å². The maximum Gasteiger partial charge on any atom is 0.318 e. The summed E-state index contributed by atoms with van der Waals surface area (Å²) in [5.41, 5.74) is 0.366. The third-order valence-electron chi connectivity index (χ3n) is 10.6. The predicted octanol–water partition coefficient (Wildman–Crippen LogP) is 6.43. The number of fused-ring (bicyclic) bond motifs is 3. The standard InChI is InChI=1S/C31H31ClF2N6O3.C7H12FN.C2H3N/c1-42-20-10-12-38(18-20)11-4-7-24(41)39-13-15-40(16-14-39)30-22-17-35-28(27(34)29(22)36-31(37-30)43-2)21-6-3-5-19-8-9-23(33)26(32)25(19)21;8-6-4-7-2-1-3-9(7)5-6;1-2-3/h3-9,17,20H,10-16,18H2,1-2H3;6-7H,1-5H2;1H3/b7-4+;;. The molecule has 11 nitrogen and oxygen atoms in total. The SMILES string of the molecule is CC#N.COc1nc(N2CCN(C(=O)/C=C/CN3CCC(OC)C3)CC2)c2cnc(-c3cccc4ccc(F)c(Cl)c34)c(F)c2n1.FC1CC2CCCN2C1. The molecule has 292 valence electrons. The van der Waals surface area contributed by atoms with E-state index in [0.717, 1.165) is 32.5 Å². The smallest absolute Gasteiger partial charge is 0.318 e. The summed E-state index contributed by atoms with van der Waals surface area (Å²) in [6.07, 6.45) is 9.12. The van der Waals surface area contributed by atoms with Gasteiger partial charge in [-0.05, 0) is 43.7 Å². The molecule has 0 N–H and O–H groups in total. The molecule has 3 unspecified atom stereocenters. The van der Waals surface area contributed by atoms with Crippen LogP contribution in [0.15, 0.2) is 48.7 Å². The van der Waals surface area contributed by atoms with Crippen molar-refractivity contribution in [2.24, 2.45) is 0 Å². The Kier molecular flexibility index (Phi) is 13.4. The molecule has 8 rings (SSSR count). The number of anilines is 1. The molecule has 0 saturated carbocycles. The van der Waals surface area contributed by atoms with E-state index in [1.54, 1.807) is 48.4 Å². The number of rotatable bonds is 7. The van der Waals surface area contributed by atoms with Crippen LogP contribution in [0.4, 0.5) is 19.0 Å². The summed E-state index contributed by atoms with van der Waals surface area (Å²) >= 11 is 6.31. The van der Waals surface area contributed by atoms with Crippen molar-refractivity contribution in [2.75, 3.05) is 78.0 Å². The molecule has 1 amide bonds. The number of nitriles is 1. The van der Waals surface area contributed by atoms with E-state index in [1.807, 2.05) is 11.0 Å². The van der Waals surface area contributed by atoms with Crippen molar-refractivity contribution >= 4 is 45.0 Å². The van der Waals surface area contributed by atoms with Crippen molar-refractivity contribution in [3.8, 4) is 23.3 Å². The summed E-state index contributed by atoms with van der Waals surface area (Å²) in [7, 11) is 3.14. The van der Waals surface area contributed by atoms with Crippen molar-refractivity contribution in [2.45, 2.75) is 50.9 Å². The van der Waals surface area contributed by atoms with Gasteiger partial charge in [-0.15, -0.1) is 0 Å². The van der Waals surface area contributed by atoms with Crippen LogP contribution in [0.25, 0.3) is 32.9 Å². The van der Waals surface area contributed by atoms with Crippen LogP contribution >= 0.6 is 11.6 Å². The van der Waals surface area contributed by atoms with Crippen LogP contribution in [-0.2, 0) is 9.53 Å². The summed E-state index contributed by atoms with van der Waals surface area (Å²) in [4.78, 5) is 34.4. The van der Waals surface area contributed by atoms with Crippen LogP contribution in [-0.4, -0.2) is 127 Å². The molecule has 6 heterocycles. The van der Waals surface area contributed by atoms with Gasteiger partial charge in [0.1, 0.15) is 29.0 Å². The number of methoxy groups -OCH3 is 2. The van der Waals surface area contributed by atoms with Gasteiger partial charge in [0.25, 0.3) is 0 Å². The zero-order valence-corrected chi connectivity index (χ0v) is 32.1. The van der Waals surface area contributed by atoms with Crippen molar-refractivity contribution in [1.82, 2.24) is 29.7 Å². The highest BCUT2D eigenvalue weighted by atomic mass is 35.5. The summed E-state index contributed by atoms with van der Waals surface area (Å²) in [5.74, 6) is -0.879. The summed E-state index contributed by atoms with van der Waals surface area (Å²) in [6, 6.07) is 10.4. The van der Waals surface area contributed by atoms with E-state index in [1.165, 1.54) is 39.1 Å². The number of carbonyl (C=O) groups excluding carboxylic acids is 1. The highest BCUT2D eigenvalue weighted by Gasteiger charge is 2.35. The first-order valence-corrected chi connectivity index (χ1v) is 18.9. The van der Waals surface area contributed by atoms with Gasteiger partial charge in [-0.2, -0.15) is 15.2 Å². The number of amides is 1. The Bertz CT molecular complexity index is 2050. The van der Waals surface area contributed by atoms with Crippen molar-refractivity contribution in [3.05, 3.63) is 65.3 Å². The van der Waals surface area contributed by atoms with Gasteiger partial charge >= 0.3 is 6.01 Å². The average molecular weight is 779 g/mol. The Morgan fingerprint density at radius 1 is 1.05 bits per heavy atom. The number of piperazine rings is 1. The average Bonchev–Trinajstić information content (AvgIpc) is 3.94. The number of alkyl halides is 1. The number of ether oxygens (including phenoxy) is 2. The molecule has 0 spiro atoms. The van der Waals surface area contributed by atoms with Crippen LogP contribution in [0.2, 0.25) is 5.02 Å². The van der Waals surface area contributed by atoms with Crippen LogP contribution in [0.5, 0.6) is 6.01 Å². The van der Waals surface area contributed by atoms with Gasteiger partial charge in [0, 0.05) is 95.7 Å². The molecule has 3 atom stereocenters. The lowest BCUT2D eigenvalue weighted by Crippen LogP contribution is -2.48. The molecule has 4 aliphatic heterocycles. The van der Waals surface area contributed by atoms with E-state index in [0.29, 0.717) is 72.9 Å². The predicted molar refractivity (Wildman–Crippen MR) is 207 cm³/mol. The molecule has 55 heavy (non-hydrogen) atoms. The minimum absolute atomic E-state index is 0.000360. The Morgan fingerprint density at radius 3 is 2.55 bits per heavy atom. The number of pyridine rings is 1. The fourth-order valence-corrected chi connectivity index (χ4v) is 8.05. The largest absolute Gasteiger partial charge is 0.467 e. The zero-order valence-electron chi connectivity index (χ0n) is 31.4. The summed E-state index contributed by atoms with van der Waals surface area (Å²) in [5, 5.41) is 8.64. The second-order valence-electron chi connectivity index (χ2n) is 14.0. The fourth-order valence-electron chi connectivity index (χ4n) is 7.78. The molecule has 15 heteroatoms. The fraction of sp³-hybridized carbons (Fsp3) is 0.475. The van der Waals surface area contributed by atoms with Crippen molar-refractivity contribution in [1.29, 1.82) is 5.26 Å². The second kappa shape index (κ2) is 18.4. The van der Waals surface area contributed by atoms with E-state index < -0.39 is 17.8 Å². The lowest BCUT2D eigenvalue weighted by Gasteiger charge is -2.35. The van der Waals surface area contributed by atoms with E-state index in [2.05, 4.69) is 24.8 Å². The Balaban J connectivity index is 0.000000365. The molecule has 0 radical (unpaired) electrons. The Morgan fingerprint density at radius 2 is 1.84 bits per heavy atom. The van der Waals surface area contributed by atoms with Crippen LogP contribution < -0.4 is 9.64 Å². The number of halogens is 4. The van der Waals surface area contributed by atoms with Crippen LogP contribution in [0.1, 0.15) is 32.6 Å². The number of aromatic nitrogens is 3. The maximum absolute atomic E-state index is 16.2. The Hall–Kier alpha value is -4.55. The van der Waals surface area contributed by atoms with Gasteiger partial charge in [-0.25, -0.2) is 13.2 Å². The van der Waals surface area contributed by atoms with E-state index in [9.17, 15) is 13.6 Å².